The fourth-order valence-corrected chi connectivity index (χ4v) is 1.96. The maximum Gasteiger partial charge on any atom is 0.223 e. The van der Waals surface area contributed by atoms with Crippen molar-refractivity contribution in [2.24, 2.45) is 0 Å². The fourth-order valence-electron chi connectivity index (χ4n) is 1.96. The molecule has 1 amide bonds. The molecule has 6 heteroatoms. The van der Waals surface area contributed by atoms with Crippen molar-refractivity contribution in [1.29, 1.82) is 0 Å². The molecule has 2 rings (SSSR count). The van der Waals surface area contributed by atoms with Crippen LogP contribution in [0.4, 0.5) is 0 Å². The molecule has 0 aliphatic heterocycles. The molecule has 6 nitrogen and oxygen atoms in total. The van der Waals surface area contributed by atoms with E-state index in [-0.39, 0.29) is 5.91 Å². The summed E-state index contributed by atoms with van der Waals surface area (Å²) >= 11 is 0. The molecule has 1 aromatic carbocycles. The van der Waals surface area contributed by atoms with Gasteiger partial charge in [-0.2, -0.15) is 5.10 Å². The zero-order valence-electron chi connectivity index (χ0n) is 11.7. The van der Waals surface area contributed by atoms with Crippen LogP contribution < -0.4 is 4.74 Å². The number of H-pyrrole nitrogens is 1. The summed E-state index contributed by atoms with van der Waals surface area (Å²) in [6.07, 6.45) is 2.52. The van der Waals surface area contributed by atoms with E-state index in [1.807, 2.05) is 24.3 Å². The lowest BCUT2D eigenvalue weighted by Gasteiger charge is -2.16. The number of hydrogen-bond donors (Lipinski definition) is 1. The summed E-state index contributed by atoms with van der Waals surface area (Å²) in [6, 6.07) is 7.74. The molecule has 0 aliphatic rings. The van der Waals surface area contributed by atoms with E-state index >= 15 is 0 Å². The van der Waals surface area contributed by atoms with E-state index in [1.54, 1.807) is 19.1 Å². The first-order chi connectivity index (χ1) is 9.70. The Labute approximate surface area is 117 Å². The van der Waals surface area contributed by atoms with Crippen molar-refractivity contribution in [2.75, 3.05) is 14.2 Å². The van der Waals surface area contributed by atoms with Crippen LogP contribution in [0.3, 0.4) is 0 Å². The van der Waals surface area contributed by atoms with Gasteiger partial charge >= 0.3 is 0 Å². The second-order valence-corrected chi connectivity index (χ2v) is 4.49. The summed E-state index contributed by atoms with van der Waals surface area (Å²) in [7, 11) is 3.39. The first kappa shape index (κ1) is 14.0. The topological polar surface area (TPSA) is 71.1 Å². The Morgan fingerprint density at radius 3 is 2.90 bits per heavy atom. The lowest BCUT2D eigenvalue weighted by Crippen LogP contribution is -2.27. The van der Waals surface area contributed by atoms with Gasteiger partial charge in [-0.15, -0.1) is 0 Å². The number of aromatic amines is 1. The van der Waals surface area contributed by atoms with Crippen molar-refractivity contribution >= 4 is 5.91 Å². The lowest BCUT2D eigenvalue weighted by atomic mass is 10.1. The molecule has 0 saturated heterocycles. The smallest absolute Gasteiger partial charge is 0.223 e. The molecule has 0 spiro atoms. The Morgan fingerprint density at radius 2 is 2.20 bits per heavy atom. The molecule has 1 heterocycles. The fraction of sp³-hybridized carbons (Fsp3) is 0.357. The minimum absolute atomic E-state index is 0.0623. The summed E-state index contributed by atoms with van der Waals surface area (Å²) in [4.78, 5) is 17.7. The minimum Gasteiger partial charge on any atom is -0.496 e. The average molecular weight is 274 g/mol. The van der Waals surface area contributed by atoms with Crippen molar-refractivity contribution in [3.05, 3.63) is 42.0 Å². The SMILES string of the molecule is COc1ccccc1CCC(=O)N(C)Cc1ncn[nH]1. The predicted molar refractivity (Wildman–Crippen MR) is 74.2 cm³/mol. The first-order valence-corrected chi connectivity index (χ1v) is 6.41. The standard InChI is InChI=1S/C14H18N4O2/c1-18(9-13-15-10-16-17-13)14(19)8-7-11-5-3-4-6-12(11)20-2/h3-6,10H,7-9H2,1-2H3,(H,15,16,17). The Kier molecular flexibility index (Phi) is 4.70. The summed E-state index contributed by atoms with van der Waals surface area (Å²) in [5.74, 6) is 1.56. The first-order valence-electron chi connectivity index (χ1n) is 6.41. The highest BCUT2D eigenvalue weighted by molar-refractivity contribution is 5.76. The number of carbonyl (C=O) groups excluding carboxylic acids is 1. The van der Waals surface area contributed by atoms with E-state index in [4.69, 9.17) is 4.74 Å². The number of methoxy groups -OCH3 is 1. The lowest BCUT2D eigenvalue weighted by molar-refractivity contribution is -0.130. The van der Waals surface area contributed by atoms with Crippen LogP contribution in [0.25, 0.3) is 0 Å². The zero-order chi connectivity index (χ0) is 14.4. The van der Waals surface area contributed by atoms with Crippen molar-refractivity contribution < 1.29 is 9.53 Å². The number of hydrogen-bond acceptors (Lipinski definition) is 4. The summed E-state index contributed by atoms with van der Waals surface area (Å²) in [5.41, 5.74) is 1.04. The number of nitrogens with zero attached hydrogens (tertiary/aromatic N) is 3. The highest BCUT2D eigenvalue weighted by Crippen LogP contribution is 2.19. The number of amides is 1. The molecular weight excluding hydrogens is 256 g/mol. The van der Waals surface area contributed by atoms with Gasteiger partial charge in [-0.1, -0.05) is 18.2 Å². The Morgan fingerprint density at radius 1 is 1.40 bits per heavy atom. The van der Waals surface area contributed by atoms with Crippen molar-refractivity contribution in [3.63, 3.8) is 0 Å². The molecular formula is C14H18N4O2. The summed E-state index contributed by atoms with van der Waals surface area (Å²) in [6.45, 7) is 0.435. The number of carbonyl (C=O) groups is 1. The van der Waals surface area contributed by atoms with Gasteiger partial charge in [0.1, 0.15) is 17.9 Å². The third kappa shape index (κ3) is 3.57. The minimum atomic E-state index is 0.0623. The molecule has 106 valence electrons. The van der Waals surface area contributed by atoms with Gasteiger partial charge < -0.3 is 9.64 Å². The third-order valence-electron chi connectivity index (χ3n) is 3.08. The molecule has 0 bridgehead atoms. The molecule has 0 aliphatic carbocycles. The van der Waals surface area contributed by atoms with E-state index < -0.39 is 0 Å². The number of ether oxygens (including phenoxy) is 1. The molecule has 0 unspecified atom stereocenters. The van der Waals surface area contributed by atoms with Gasteiger partial charge in [0.15, 0.2) is 0 Å². The van der Waals surface area contributed by atoms with Crippen LogP contribution in [-0.2, 0) is 17.8 Å². The Bertz CT molecular complexity index is 554. The highest BCUT2D eigenvalue weighted by Gasteiger charge is 2.12. The number of aromatic nitrogens is 3. The van der Waals surface area contributed by atoms with E-state index in [9.17, 15) is 4.79 Å². The maximum atomic E-state index is 12.1. The number of nitrogens with one attached hydrogen (secondary N) is 1. The Balaban J connectivity index is 1.88. The van der Waals surface area contributed by atoms with Gasteiger partial charge in [0, 0.05) is 13.5 Å². The van der Waals surface area contributed by atoms with Crippen molar-refractivity contribution in [2.45, 2.75) is 19.4 Å². The second kappa shape index (κ2) is 6.70. The summed E-state index contributed by atoms with van der Waals surface area (Å²) in [5, 5.41) is 6.50. The highest BCUT2D eigenvalue weighted by atomic mass is 16.5. The molecule has 0 atom stereocenters. The molecule has 1 N–H and O–H groups in total. The van der Waals surface area contributed by atoms with Crippen molar-refractivity contribution in [1.82, 2.24) is 20.1 Å². The van der Waals surface area contributed by atoms with Gasteiger partial charge in [0.05, 0.1) is 13.7 Å². The quantitative estimate of drug-likeness (QED) is 0.864. The van der Waals surface area contributed by atoms with Crippen LogP contribution in [0.1, 0.15) is 17.8 Å². The molecule has 2 aromatic rings. The van der Waals surface area contributed by atoms with E-state index in [0.29, 0.717) is 25.2 Å². The van der Waals surface area contributed by atoms with Crippen LogP contribution in [0, 0.1) is 0 Å². The van der Waals surface area contributed by atoms with E-state index in [1.165, 1.54) is 6.33 Å². The maximum absolute atomic E-state index is 12.1. The Hall–Kier alpha value is -2.37. The van der Waals surface area contributed by atoms with Gasteiger partial charge in [0.2, 0.25) is 5.91 Å². The molecule has 0 radical (unpaired) electrons. The second-order valence-electron chi connectivity index (χ2n) is 4.49. The van der Waals surface area contributed by atoms with Crippen molar-refractivity contribution in [3.8, 4) is 5.75 Å². The zero-order valence-corrected chi connectivity index (χ0v) is 11.7. The van der Waals surface area contributed by atoms with E-state index in [2.05, 4.69) is 15.2 Å². The van der Waals surface area contributed by atoms with Crippen LogP contribution in [0.5, 0.6) is 5.75 Å². The predicted octanol–water partition coefficient (Wildman–Crippen LogP) is 1.40. The van der Waals surface area contributed by atoms with Crippen LogP contribution in [0.2, 0.25) is 0 Å². The largest absolute Gasteiger partial charge is 0.496 e. The monoisotopic (exact) mass is 274 g/mol. The number of rotatable bonds is 6. The van der Waals surface area contributed by atoms with Gasteiger partial charge in [-0.3, -0.25) is 9.89 Å². The summed E-state index contributed by atoms with van der Waals surface area (Å²) < 4.78 is 5.28. The number of benzene rings is 1. The normalized spacial score (nSPS) is 10.3. The molecule has 0 fully saturated rings. The number of aryl methyl sites for hydroxylation is 1. The van der Waals surface area contributed by atoms with E-state index in [0.717, 1.165) is 11.3 Å². The van der Waals surface area contributed by atoms with Crippen LogP contribution in [0.15, 0.2) is 30.6 Å². The van der Waals surface area contributed by atoms with Gasteiger partial charge in [-0.25, -0.2) is 4.98 Å². The number of para-hydroxylation sites is 1. The molecule has 20 heavy (non-hydrogen) atoms. The van der Waals surface area contributed by atoms with Gasteiger partial charge in [-0.05, 0) is 18.1 Å². The average Bonchev–Trinajstić information content (AvgIpc) is 2.97. The molecule has 1 aromatic heterocycles. The molecule has 0 saturated carbocycles. The third-order valence-corrected chi connectivity index (χ3v) is 3.08. The van der Waals surface area contributed by atoms with Crippen LogP contribution >= 0.6 is 0 Å². The van der Waals surface area contributed by atoms with Gasteiger partial charge in [0.25, 0.3) is 0 Å². The van der Waals surface area contributed by atoms with Crippen LogP contribution in [-0.4, -0.2) is 40.1 Å².